The normalized spacial score (nSPS) is 10.9. The van der Waals surface area contributed by atoms with Crippen LogP contribution in [0.4, 0.5) is 4.79 Å². The molecule has 0 saturated carbocycles. The van der Waals surface area contributed by atoms with E-state index in [-0.39, 0.29) is 14.9 Å². The average molecular weight is 283 g/mol. The fourth-order valence-electron chi connectivity index (χ4n) is 0.920. The van der Waals surface area contributed by atoms with Crippen LogP contribution in [0.1, 0.15) is 0 Å². The minimum Gasteiger partial charge on any atom is -0.340 e. The van der Waals surface area contributed by atoms with Gasteiger partial charge in [0.05, 0.1) is 10.0 Å². The van der Waals surface area contributed by atoms with Crippen LogP contribution in [0.25, 0.3) is 0 Å². The molecule has 0 fully saturated rings. The summed E-state index contributed by atoms with van der Waals surface area (Å²) in [5.41, 5.74) is 0. The molecule has 1 aromatic carbocycles. The number of sulfonamides is 1. The van der Waals surface area contributed by atoms with E-state index >= 15 is 0 Å². The highest BCUT2D eigenvalue weighted by atomic mass is 35.5. The highest BCUT2D eigenvalue weighted by Crippen LogP contribution is 2.28. The van der Waals surface area contributed by atoms with Crippen molar-refractivity contribution in [3.63, 3.8) is 0 Å². The van der Waals surface area contributed by atoms with Gasteiger partial charge in [0.25, 0.3) is 10.0 Å². The van der Waals surface area contributed by atoms with E-state index in [0.29, 0.717) is 0 Å². The molecular formula is C8H8Cl2N2O3S. The molecule has 0 unspecified atom stereocenters. The van der Waals surface area contributed by atoms with Gasteiger partial charge in [-0.25, -0.2) is 17.9 Å². The fourth-order valence-corrected chi connectivity index (χ4v) is 2.64. The van der Waals surface area contributed by atoms with Gasteiger partial charge in [0, 0.05) is 7.05 Å². The number of amides is 2. The molecule has 0 saturated heterocycles. The van der Waals surface area contributed by atoms with Crippen LogP contribution in [0.15, 0.2) is 23.1 Å². The number of benzene rings is 1. The van der Waals surface area contributed by atoms with E-state index < -0.39 is 16.1 Å². The van der Waals surface area contributed by atoms with Crippen molar-refractivity contribution in [2.24, 2.45) is 0 Å². The van der Waals surface area contributed by atoms with Crippen molar-refractivity contribution in [3.8, 4) is 0 Å². The second kappa shape index (κ2) is 4.90. The number of carbonyl (C=O) groups excluding carboxylic acids is 1. The van der Waals surface area contributed by atoms with Crippen LogP contribution in [0.3, 0.4) is 0 Å². The van der Waals surface area contributed by atoms with Crippen LogP contribution in [0, 0.1) is 0 Å². The number of rotatable bonds is 2. The SMILES string of the molecule is CNC(=O)NS(=O)(=O)c1cccc(Cl)c1Cl. The Morgan fingerprint density at radius 1 is 1.31 bits per heavy atom. The first kappa shape index (κ1) is 13.1. The van der Waals surface area contributed by atoms with Gasteiger partial charge in [0.2, 0.25) is 0 Å². The summed E-state index contributed by atoms with van der Waals surface area (Å²) in [4.78, 5) is 10.7. The number of carbonyl (C=O) groups is 1. The third-order valence-corrected chi connectivity index (χ3v) is 3.96. The molecule has 2 amide bonds. The largest absolute Gasteiger partial charge is 0.340 e. The van der Waals surface area contributed by atoms with Gasteiger partial charge in [-0.1, -0.05) is 29.3 Å². The molecule has 0 heterocycles. The van der Waals surface area contributed by atoms with Crippen LogP contribution >= 0.6 is 23.2 Å². The third-order valence-electron chi connectivity index (χ3n) is 1.66. The topological polar surface area (TPSA) is 75.3 Å². The Bertz CT molecular complexity index is 516. The van der Waals surface area contributed by atoms with E-state index in [2.05, 4.69) is 5.32 Å². The lowest BCUT2D eigenvalue weighted by atomic mass is 10.4. The molecule has 0 spiro atoms. The van der Waals surface area contributed by atoms with Gasteiger partial charge in [-0.2, -0.15) is 0 Å². The summed E-state index contributed by atoms with van der Waals surface area (Å²) in [7, 11) is -2.71. The van der Waals surface area contributed by atoms with E-state index in [1.807, 2.05) is 0 Å². The molecule has 0 radical (unpaired) electrons. The van der Waals surface area contributed by atoms with Gasteiger partial charge in [-0.05, 0) is 12.1 Å². The summed E-state index contributed by atoms with van der Waals surface area (Å²) in [5.74, 6) is 0. The molecular weight excluding hydrogens is 275 g/mol. The first-order valence-corrected chi connectivity index (χ1v) is 6.31. The van der Waals surface area contributed by atoms with Crippen molar-refractivity contribution in [2.75, 3.05) is 7.05 Å². The maximum Gasteiger partial charge on any atom is 0.328 e. The van der Waals surface area contributed by atoms with Gasteiger partial charge in [0.1, 0.15) is 4.90 Å². The monoisotopic (exact) mass is 282 g/mol. The standard InChI is InChI=1S/C8H8Cl2N2O3S/c1-11-8(13)12-16(14,15)6-4-2-3-5(9)7(6)10/h2-4H,1H3,(H2,11,12,13). The van der Waals surface area contributed by atoms with Gasteiger partial charge in [-0.15, -0.1) is 0 Å². The first-order chi connectivity index (χ1) is 7.38. The summed E-state index contributed by atoms with van der Waals surface area (Å²) < 4.78 is 25.1. The third kappa shape index (κ3) is 2.78. The molecule has 5 nitrogen and oxygen atoms in total. The smallest absolute Gasteiger partial charge is 0.328 e. The summed E-state index contributed by atoms with van der Waals surface area (Å²) in [5, 5.41) is 2.09. The molecule has 0 aromatic heterocycles. The Hall–Kier alpha value is -0.980. The predicted octanol–water partition coefficient (Wildman–Crippen LogP) is 1.61. The van der Waals surface area contributed by atoms with E-state index in [9.17, 15) is 13.2 Å². The molecule has 1 aromatic rings. The van der Waals surface area contributed by atoms with Crippen LogP contribution in [0.5, 0.6) is 0 Å². The molecule has 2 N–H and O–H groups in total. The van der Waals surface area contributed by atoms with Gasteiger partial charge >= 0.3 is 6.03 Å². The molecule has 1 rings (SSSR count). The van der Waals surface area contributed by atoms with Gasteiger partial charge in [0.15, 0.2) is 0 Å². The molecule has 0 aliphatic carbocycles. The summed E-state index contributed by atoms with van der Waals surface area (Å²) in [6, 6.07) is 3.27. The summed E-state index contributed by atoms with van der Waals surface area (Å²) in [6.45, 7) is 0. The van der Waals surface area contributed by atoms with Gasteiger partial charge < -0.3 is 5.32 Å². The minimum atomic E-state index is -4.00. The zero-order chi connectivity index (χ0) is 12.3. The Morgan fingerprint density at radius 3 is 2.50 bits per heavy atom. The Kier molecular flexibility index (Phi) is 4.01. The number of hydrogen-bond donors (Lipinski definition) is 2. The first-order valence-electron chi connectivity index (χ1n) is 4.07. The van der Waals surface area contributed by atoms with Crippen molar-refractivity contribution < 1.29 is 13.2 Å². The Morgan fingerprint density at radius 2 is 1.94 bits per heavy atom. The van der Waals surface area contributed by atoms with E-state index in [0.717, 1.165) is 0 Å². The maximum atomic E-state index is 11.7. The van der Waals surface area contributed by atoms with Crippen LogP contribution in [-0.2, 0) is 10.0 Å². The zero-order valence-corrected chi connectivity index (χ0v) is 10.4. The average Bonchev–Trinajstić information content (AvgIpc) is 2.21. The van der Waals surface area contributed by atoms with Crippen LogP contribution < -0.4 is 10.0 Å². The second-order valence-electron chi connectivity index (χ2n) is 2.74. The van der Waals surface area contributed by atoms with Crippen LogP contribution in [0.2, 0.25) is 10.0 Å². The van der Waals surface area contributed by atoms with Crippen molar-refractivity contribution in [3.05, 3.63) is 28.2 Å². The zero-order valence-electron chi connectivity index (χ0n) is 8.12. The van der Waals surface area contributed by atoms with E-state index in [1.54, 1.807) is 4.72 Å². The molecule has 0 aliphatic rings. The molecule has 0 aliphatic heterocycles. The Labute approximate surface area is 103 Å². The summed E-state index contributed by atoms with van der Waals surface area (Å²) in [6.07, 6.45) is 0. The lowest BCUT2D eigenvalue weighted by Crippen LogP contribution is -2.37. The predicted molar refractivity (Wildman–Crippen MR) is 61.2 cm³/mol. The second-order valence-corrected chi connectivity index (χ2v) is 5.17. The number of halogens is 2. The maximum absolute atomic E-state index is 11.7. The highest BCUT2D eigenvalue weighted by molar-refractivity contribution is 7.90. The summed E-state index contributed by atoms with van der Waals surface area (Å²) >= 11 is 11.4. The van der Waals surface area contributed by atoms with Crippen molar-refractivity contribution >= 4 is 39.3 Å². The van der Waals surface area contributed by atoms with Gasteiger partial charge in [-0.3, -0.25) is 0 Å². The van der Waals surface area contributed by atoms with E-state index in [4.69, 9.17) is 23.2 Å². The molecule has 8 heteroatoms. The lowest BCUT2D eigenvalue weighted by Gasteiger charge is -2.08. The lowest BCUT2D eigenvalue weighted by molar-refractivity contribution is 0.248. The van der Waals surface area contributed by atoms with Crippen molar-refractivity contribution in [1.82, 2.24) is 10.0 Å². The fraction of sp³-hybridized carbons (Fsp3) is 0.125. The van der Waals surface area contributed by atoms with Crippen LogP contribution in [-0.4, -0.2) is 21.5 Å². The highest BCUT2D eigenvalue weighted by Gasteiger charge is 2.21. The molecule has 0 atom stereocenters. The molecule has 0 bridgehead atoms. The number of nitrogens with one attached hydrogen (secondary N) is 2. The minimum absolute atomic E-state index is 0.0986. The van der Waals surface area contributed by atoms with Crippen molar-refractivity contribution in [2.45, 2.75) is 4.90 Å². The van der Waals surface area contributed by atoms with Crippen molar-refractivity contribution in [1.29, 1.82) is 0 Å². The van der Waals surface area contributed by atoms with E-state index in [1.165, 1.54) is 25.2 Å². The number of urea groups is 1. The molecule has 88 valence electrons. The quantitative estimate of drug-likeness (QED) is 0.865. The molecule has 16 heavy (non-hydrogen) atoms. The Balaban J connectivity index is 3.18. The number of hydrogen-bond acceptors (Lipinski definition) is 3.